The van der Waals surface area contributed by atoms with E-state index in [2.05, 4.69) is 16.1 Å². The zero-order chi connectivity index (χ0) is 20.4. The fourth-order valence-electron chi connectivity index (χ4n) is 3.78. The number of amides is 1. The van der Waals surface area contributed by atoms with Crippen molar-refractivity contribution in [2.45, 2.75) is 46.3 Å². The maximum Gasteiger partial charge on any atom is 0.225 e. The third-order valence-electron chi connectivity index (χ3n) is 5.37. The summed E-state index contributed by atoms with van der Waals surface area (Å²) in [6.45, 7) is 7.64. The van der Waals surface area contributed by atoms with Gasteiger partial charge in [0.05, 0.1) is 11.7 Å². The van der Waals surface area contributed by atoms with Gasteiger partial charge in [0.25, 0.3) is 0 Å². The second kappa shape index (κ2) is 8.07. The fraction of sp³-hybridized carbons (Fsp3) is 0.348. The summed E-state index contributed by atoms with van der Waals surface area (Å²) in [5, 5.41) is 4.46. The lowest BCUT2D eigenvalue weighted by Crippen LogP contribution is -2.40. The third-order valence-corrected chi connectivity index (χ3v) is 5.37. The van der Waals surface area contributed by atoms with Gasteiger partial charge in [-0.1, -0.05) is 12.1 Å². The van der Waals surface area contributed by atoms with Crippen LogP contribution in [0.25, 0.3) is 11.1 Å². The summed E-state index contributed by atoms with van der Waals surface area (Å²) < 4.78 is 7.89. The molecule has 0 saturated carbocycles. The Hall–Kier alpha value is -3.15. The third kappa shape index (κ3) is 4.16. The van der Waals surface area contributed by atoms with Crippen molar-refractivity contribution in [1.29, 1.82) is 0 Å². The molecule has 0 N–H and O–H groups in total. The molecule has 3 heterocycles. The largest absolute Gasteiger partial charge is 0.491 e. The molecule has 0 radical (unpaired) electrons. The average molecular weight is 390 g/mol. The van der Waals surface area contributed by atoms with Crippen molar-refractivity contribution in [3.8, 4) is 16.9 Å². The van der Waals surface area contributed by atoms with Crippen LogP contribution in [0.2, 0.25) is 0 Å². The summed E-state index contributed by atoms with van der Waals surface area (Å²) in [4.78, 5) is 19.2. The van der Waals surface area contributed by atoms with Gasteiger partial charge in [0, 0.05) is 48.7 Å². The zero-order valence-corrected chi connectivity index (χ0v) is 17.1. The molecule has 6 heteroatoms. The lowest BCUT2D eigenvalue weighted by atomic mass is 10.0. The molecule has 0 spiro atoms. The number of benzene rings is 1. The molecule has 4 rings (SSSR count). The monoisotopic (exact) mass is 390 g/mol. The second-order valence-electron chi connectivity index (χ2n) is 7.65. The molecule has 150 valence electrons. The van der Waals surface area contributed by atoms with Crippen molar-refractivity contribution in [2.75, 3.05) is 6.61 Å². The van der Waals surface area contributed by atoms with Crippen molar-refractivity contribution in [2.24, 2.45) is 0 Å². The second-order valence-corrected chi connectivity index (χ2v) is 7.65. The maximum absolute atomic E-state index is 13.0. The topological polar surface area (TPSA) is 60.2 Å². The highest BCUT2D eigenvalue weighted by atomic mass is 16.5. The number of nitrogens with zero attached hydrogens (tertiary/aromatic N) is 4. The van der Waals surface area contributed by atoms with E-state index >= 15 is 0 Å². The first kappa shape index (κ1) is 19.2. The number of aromatic nitrogens is 3. The number of carbonyl (C=O) groups excluding carboxylic acids is 1. The number of aryl methyl sites for hydroxylation is 3. The Kier molecular flexibility index (Phi) is 5.34. The fourth-order valence-corrected chi connectivity index (χ4v) is 3.78. The van der Waals surface area contributed by atoms with Crippen LogP contribution in [0.5, 0.6) is 5.75 Å². The Labute approximate surface area is 171 Å². The SMILES string of the molecule is Cc1cc(C)n(CCC(=O)N2Cc3cc(-c4cccnc4)ccc3OC[C@@H]2C)n1. The van der Waals surface area contributed by atoms with Gasteiger partial charge in [-0.2, -0.15) is 5.10 Å². The molecule has 1 aliphatic heterocycles. The predicted molar refractivity (Wildman–Crippen MR) is 111 cm³/mol. The minimum absolute atomic E-state index is 0.0113. The van der Waals surface area contributed by atoms with Gasteiger partial charge in [-0.05, 0) is 50.6 Å². The molecular weight excluding hydrogens is 364 g/mol. The van der Waals surface area contributed by atoms with Crippen molar-refractivity contribution in [3.63, 3.8) is 0 Å². The van der Waals surface area contributed by atoms with E-state index < -0.39 is 0 Å². The van der Waals surface area contributed by atoms with Crippen LogP contribution < -0.4 is 4.74 Å². The van der Waals surface area contributed by atoms with Crippen LogP contribution in [0.1, 0.15) is 30.3 Å². The normalized spacial score (nSPS) is 16.1. The lowest BCUT2D eigenvalue weighted by Gasteiger charge is -2.26. The summed E-state index contributed by atoms with van der Waals surface area (Å²) in [6, 6.07) is 12.1. The number of carbonyl (C=O) groups is 1. The van der Waals surface area contributed by atoms with E-state index in [4.69, 9.17) is 4.74 Å². The van der Waals surface area contributed by atoms with Crippen molar-refractivity contribution >= 4 is 5.91 Å². The van der Waals surface area contributed by atoms with Gasteiger partial charge in [-0.3, -0.25) is 14.5 Å². The van der Waals surface area contributed by atoms with Gasteiger partial charge < -0.3 is 9.64 Å². The quantitative estimate of drug-likeness (QED) is 0.681. The number of hydrogen-bond acceptors (Lipinski definition) is 4. The standard InChI is InChI=1S/C23H26N4O2/c1-16-11-17(2)27(25-16)10-8-23(28)26-14-21-12-19(20-5-4-9-24-13-20)6-7-22(21)29-15-18(26)3/h4-7,9,11-13,18H,8,10,14-15H2,1-3H3/t18-/m0/s1. The smallest absolute Gasteiger partial charge is 0.225 e. The number of pyridine rings is 1. The number of ether oxygens (including phenoxy) is 1. The molecule has 0 saturated heterocycles. The lowest BCUT2D eigenvalue weighted by molar-refractivity contribution is -0.134. The molecule has 1 amide bonds. The molecule has 0 aliphatic carbocycles. The maximum atomic E-state index is 13.0. The van der Waals surface area contributed by atoms with Crippen LogP contribution in [0.3, 0.4) is 0 Å². The molecule has 29 heavy (non-hydrogen) atoms. The van der Waals surface area contributed by atoms with Gasteiger partial charge in [-0.15, -0.1) is 0 Å². The molecule has 1 atom stereocenters. The first-order valence-electron chi connectivity index (χ1n) is 9.98. The van der Waals surface area contributed by atoms with Gasteiger partial charge >= 0.3 is 0 Å². The summed E-state index contributed by atoms with van der Waals surface area (Å²) >= 11 is 0. The van der Waals surface area contributed by atoms with E-state index in [1.807, 2.05) is 66.9 Å². The Morgan fingerprint density at radius 2 is 2.07 bits per heavy atom. The van der Waals surface area contributed by atoms with Crippen LogP contribution in [0, 0.1) is 13.8 Å². The Bertz CT molecular complexity index is 1010. The van der Waals surface area contributed by atoms with Crippen molar-refractivity contribution in [3.05, 3.63) is 65.7 Å². The van der Waals surface area contributed by atoms with Crippen molar-refractivity contribution in [1.82, 2.24) is 19.7 Å². The highest BCUT2D eigenvalue weighted by molar-refractivity contribution is 5.77. The molecule has 3 aromatic rings. The van der Waals surface area contributed by atoms with Gasteiger partial charge in [0.2, 0.25) is 5.91 Å². The summed E-state index contributed by atoms with van der Waals surface area (Å²) in [5.74, 6) is 0.964. The Morgan fingerprint density at radius 3 is 2.79 bits per heavy atom. The Balaban J connectivity index is 1.53. The van der Waals surface area contributed by atoms with Crippen molar-refractivity contribution < 1.29 is 9.53 Å². The Morgan fingerprint density at radius 1 is 1.21 bits per heavy atom. The van der Waals surface area contributed by atoms with Gasteiger partial charge in [0.1, 0.15) is 12.4 Å². The van der Waals surface area contributed by atoms with E-state index in [-0.39, 0.29) is 11.9 Å². The molecule has 1 aromatic carbocycles. The van der Waals surface area contributed by atoms with E-state index in [1.165, 1.54) is 0 Å². The minimum atomic E-state index is 0.0113. The van der Waals surface area contributed by atoms with Crippen LogP contribution in [-0.4, -0.2) is 38.2 Å². The summed E-state index contributed by atoms with van der Waals surface area (Å²) in [7, 11) is 0. The summed E-state index contributed by atoms with van der Waals surface area (Å²) in [6.07, 6.45) is 4.03. The van der Waals surface area contributed by atoms with Crippen LogP contribution in [-0.2, 0) is 17.9 Å². The molecule has 0 fully saturated rings. The average Bonchev–Trinajstić information content (AvgIpc) is 2.95. The molecule has 1 aliphatic rings. The van der Waals surface area contributed by atoms with Gasteiger partial charge in [-0.25, -0.2) is 0 Å². The van der Waals surface area contributed by atoms with E-state index in [0.29, 0.717) is 26.1 Å². The predicted octanol–water partition coefficient (Wildman–Crippen LogP) is 3.76. The molecule has 0 unspecified atom stereocenters. The summed E-state index contributed by atoms with van der Waals surface area (Å²) in [5.41, 5.74) is 5.20. The highest BCUT2D eigenvalue weighted by Gasteiger charge is 2.26. The zero-order valence-electron chi connectivity index (χ0n) is 17.1. The molecule has 6 nitrogen and oxygen atoms in total. The minimum Gasteiger partial charge on any atom is -0.491 e. The first-order valence-corrected chi connectivity index (χ1v) is 9.98. The van der Waals surface area contributed by atoms with E-state index in [9.17, 15) is 4.79 Å². The first-order chi connectivity index (χ1) is 14.0. The number of rotatable bonds is 4. The van der Waals surface area contributed by atoms with E-state index in [0.717, 1.165) is 33.8 Å². The number of fused-ring (bicyclic) bond motifs is 1. The number of hydrogen-bond donors (Lipinski definition) is 0. The van der Waals surface area contributed by atoms with Gasteiger partial charge in [0.15, 0.2) is 0 Å². The highest BCUT2D eigenvalue weighted by Crippen LogP contribution is 2.30. The van der Waals surface area contributed by atoms with E-state index in [1.54, 1.807) is 6.20 Å². The van der Waals surface area contributed by atoms with Crippen LogP contribution >= 0.6 is 0 Å². The van der Waals surface area contributed by atoms with Crippen LogP contribution in [0.15, 0.2) is 48.8 Å². The molecule has 2 aromatic heterocycles. The molecule has 0 bridgehead atoms. The molecular formula is C23H26N4O2. The van der Waals surface area contributed by atoms with Crippen LogP contribution in [0.4, 0.5) is 0 Å².